The Morgan fingerprint density at radius 3 is 3.00 bits per heavy atom. The Morgan fingerprint density at radius 1 is 1.33 bits per heavy atom. The normalized spacial score (nSPS) is 29.4. The van der Waals surface area contributed by atoms with Gasteiger partial charge in [0.25, 0.3) is 0 Å². The van der Waals surface area contributed by atoms with E-state index < -0.39 is 0 Å². The van der Waals surface area contributed by atoms with Crippen molar-refractivity contribution in [2.75, 3.05) is 13.1 Å². The van der Waals surface area contributed by atoms with Crippen LogP contribution < -0.4 is 5.32 Å². The molecule has 3 heterocycles. The summed E-state index contributed by atoms with van der Waals surface area (Å²) in [5.74, 6) is 0.235. The van der Waals surface area contributed by atoms with Gasteiger partial charge in [-0.2, -0.15) is 0 Å². The van der Waals surface area contributed by atoms with Gasteiger partial charge in [-0.25, -0.2) is 0 Å². The molecule has 0 aliphatic carbocycles. The number of rotatable bonds is 2. The summed E-state index contributed by atoms with van der Waals surface area (Å²) in [6.07, 6.45) is 8.65. The zero-order valence-electron chi connectivity index (χ0n) is 10.7. The summed E-state index contributed by atoms with van der Waals surface area (Å²) in [6.45, 7) is 3.13. The maximum absolute atomic E-state index is 11.4. The van der Waals surface area contributed by atoms with Crippen molar-refractivity contribution in [3.05, 3.63) is 24.2 Å². The average molecular weight is 248 g/mol. The van der Waals surface area contributed by atoms with Crippen LogP contribution in [0.5, 0.6) is 0 Å². The van der Waals surface area contributed by atoms with Crippen LogP contribution in [0.1, 0.15) is 37.7 Å². The minimum Gasteiger partial charge on any atom is -0.472 e. The molecule has 0 bridgehead atoms. The molecular weight excluding hydrogens is 228 g/mol. The molecule has 2 aliphatic rings. The van der Waals surface area contributed by atoms with Crippen LogP contribution in [0.2, 0.25) is 0 Å². The molecule has 2 aliphatic heterocycles. The predicted molar refractivity (Wildman–Crippen MR) is 67.9 cm³/mol. The van der Waals surface area contributed by atoms with Crippen molar-refractivity contribution in [1.29, 1.82) is 0 Å². The van der Waals surface area contributed by atoms with Crippen LogP contribution in [0.3, 0.4) is 0 Å². The van der Waals surface area contributed by atoms with Gasteiger partial charge in [0.15, 0.2) is 0 Å². The number of likely N-dealkylation sites (tertiary alicyclic amines) is 1. The number of carbonyl (C=O) groups is 1. The summed E-state index contributed by atoms with van der Waals surface area (Å²) in [5.41, 5.74) is 1.34. The number of furan rings is 1. The summed E-state index contributed by atoms with van der Waals surface area (Å²) < 4.78 is 5.11. The molecule has 4 nitrogen and oxygen atoms in total. The van der Waals surface area contributed by atoms with E-state index in [1.807, 2.05) is 12.3 Å². The van der Waals surface area contributed by atoms with Gasteiger partial charge in [-0.05, 0) is 38.3 Å². The van der Waals surface area contributed by atoms with Crippen molar-refractivity contribution in [1.82, 2.24) is 10.2 Å². The lowest BCUT2D eigenvalue weighted by atomic mass is 9.89. The Kier molecular flexibility index (Phi) is 3.12. The fourth-order valence-electron chi connectivity index (χ4n) is 3.20. The SMILES string of the molecule is O=C1CC[C@]2(CCCN(Cc3ccoc3)CC2)N1. The van der Waals surface area contributed by atoms with Crippen LogP contribution in [0, 0.1) is 0 Å². The van der Waals surface area contributed by atoms with E-state index in [4.69, 9.17) is 4.42 Å². The quantitative estimate of drug-likeness (QED) is 0.869. The Hall–Kier alpha value is -1.29. The first-order valence-electron chi connectivity index (χ1n) is 6.80. The minimum atomic E-state index is 0.0994. The van der Waals surface area contributed by atoms with E-state index in [0.717, 1.165) is 45.3 Å². The molecule has 1 spiro atoms. The largest absolute Gasteiger partial charge is 0.472 e. The fraction of sp³-hybridized carbons (Fsp3) is 0.643. The van der Waals surface area contributed by atoms with Crippen LogP contribution in [0.4, 0.5) is 0 Å². The van der Waals surface area contributed by atoms with Crippen LogP contribution in [-0.4, -0.2) is 29.4 Å². The third-order valence-electron chi connectivity index (χ3n) is 4.26. The number of hydrogen-bond acceptors (Lipinski definition) is 3. The summed E-state index contributed by atoms with van der Waals surface area (Å²) in [7, 11) is 0. The average Bonchev–Trinajstić information content (AvgIpc) is 2.92. The second kappa shape index (κ2) is 4.76. The van der Waals surface area contributed by atoms with Gasteiger partial charge < -0.3 is 9.73 Å². The van der Waals surface area contributed by atoms with Gasteiger partial charge >= 0.3 is 0 Å². The van der Waals surface area contributed by atoms with Crippen molar-refractivity contribution in [3.63, 3.8) is 0 Å². The van der Waals surface area contributed by atoms with E-state index >= 15 is 0 Å². The van der Waals surface area contributed by atoms with Crippen molar-refractivity contribution >= 4 is 5.91 Å². The fourth-order valence-corrected chi connectivity index (χ4v) is 3.20. The lowest BCUT2D eigenvalue weighted by Gasteiger charge is -2.27. The molecule has 2 saturated heterocycles. The molecule has 1 aromatic heterocycles. The van der Waals surface area contributed by atoms with Gasteiger partial charge in [0.1, 0.15) is 0 Å². The van der Waals surface area contributed by atoms with Gasteiger partial charge in [0, 0.05) is 30.6 Å². The second-order valence-electron chi connectivity index (χ2n) is 5.59. The molecule has 18 heavy (non-hydrogen) atoms. The summed E-state index contributed by atoms with van der Waals surface area (Å²) in [6, 6.07) is 2.03. The Balaban J connectivity index is 1.60. The van der Waals surface area contributed by atoms with E-state index in [1.54, 1.807) is 6.26 Å². The maximum Gasteiger partial charge on any atom is 0.220 e. The summed E-state index contributed by atoms with van der Waals surface area (Å²) in [4.78, 5) is 13.9. The molecule has 4 heteroatoms. The molecule has 1 aromatic rings. The Labute approximate surface area is 107 Å². The Morgan fingerprint density at radius 2 is 2.28 bits per heavy atom. The lowest BCUT2D eigenvalue weighted by molar-refractivity contribution is -0.119. The molecule has 98 valence electrons. The number of carbonyl (C=O) groups excluding carboxylic acids is 1. The van der Waals surface area contributed by atoms with E-state index in [2.05, 4.69) is 10.2 Å². The number of hydrogen-bond donors (Lipinski definition) is 1. The van der Waals surface area contributed by atoms with Gasteiger partial charge in [0.2, 0.25) is 5.91 Å². The zero-order valence-corrected chi connectivity index (χ0v) is 10.7. The lowest BCUT2D eigenvalue weighted by Crippen LogP contribution is -2.42. The molecule has 3 rings (SSSR count). The molecular formula is C14H20N2O2. The highest BCUT2D eigenvalue weighted by atomic mass is 16.3. The van der Waals surface area contributed by atoms with Crippen LogP contribution >= 0.6 is 0 Å². The standard InChI is InChI=1S/C14H20N2O2/c17-13-2-5-14(15-13)4-1-7-16(8-6-14)10-12-3-9-18-11-12/h3,9,11H,1-2,4-8,10H2,(H,15,17)/t14-/m0/s1. The van der Waals surface area contributed by atoms with Crippen LogP contribution in [0.25, 0.3) is 0 Å². The van der Waals surface area contributed by atoms with Crippen molar-refractivity contribution in [2.45, 2.75) is 44.2 Å². The van der Waals surface area contributed by atoms with E-state index in [1.165, 1.54) is 5.56 Å². The van der Waals surface area contributed by atoms with Gasteiger partial charge in [-0.3, -0.25) is 9.69 Å². The van der Waals surface area contributed by atoms with Gasteiger partial charge in [-0.15, -0.1) is 0 Å². The number of amides is 1. The molecule has 0 unspecified atom stereocenters. The monoisotopic (exact) mass is 248 g/mol. The summed E-state index contributed by atoms with van der Waals surface area (Å²) >= 11 is 0. The van der Waals surface area contributed by atoms with E-state index in [0.29, 0.717) is 6.42 Å². The maximum atomic E-state index is 11.4. The highest BCUT2D eigenvalue weighted by molar-refractivity contribution is 5.79. The number of nitrogens with zero attached hydrogens (tertiary/aromatic N) is 1. The van der Waals surface area contributed by atoms with Crippen molar-refractivity contribution in [3.8, 4) is 0 Å². The minimum absolute atomic E-state index is 0.0994. The highest BCUT2D eigenvalue weighted by Gasteiger charge is 2.38. The first kappa shape index (κ1) is 11.8. The number of nitrogens with one attached hydrogen (secondary N) is 1. The molecule has 0 radical (unpaired) electrons. The Bertz CT molecular complexity index is 415. The third-order valence-corrected chi connectivity index (χ3v) is 4.26. The van der Waals surface area contributed by atoms with Crippen molar-refractivity contribution in [2.24, 2.45) is 0 Å². The van der Waals surface area contributed by atoms with Gasteiger partial charge in [-0.1, -0.05) is 0 Å². The molecule has 1 amide bonds. The smallest absolute Gasteiger partial charge is 0.220 e. The zero-order chi connectivity index (χ0) is 12.4. The van der Waals surface area contributed by atoms with Gasteiger partial charge in [0.05, 0.1) is 12.5 Å². The van der Waals surface area contributed by atoms with Crippen molar-refractivity contribution < 1.29 is 9.21 Å². The van der Waals surface area contributed by atoms with Crippen LogP contribution in [-0.2, 0) is 11.3 Å². The molecule has 0 saturated carbocycles. The molecule has 1 atom stereocenters. The molecule has 0 aromatic carbocycles. The molecule has 2 fully saturated rings. The second-order valence-corrected chi connectivity index (χ2v) is 5.59. The first-order chi connectivity index (χ1) is 8.76. The molecule has 1 N–H and O–H groups in total. The van der Waals surface area contributed by atoms with E-state index in [9.17, 15) is 4.79 Å². The predicted octanol–water partition coefficient (Wildman–Crippen LogP) is 1.91. The van der Waals surface area contributed by atoms with Crippen LogP contribution in [0.15, 0.2) is 23.0 Å². The summed E-state index contributed by atoms with van der Waals surface area (Å²) in [5, 5.41) is 3.20. The third kappa shape index (κ3) is 2.43. The first-order valence-corrected chi connectivity index (χ1v) is 6.80. The highest BCUT2D eigenvalue weighted by Crippen LogP contribution is 2.31. The topological polar surface area (TPSA) is 45.5 Å². The van der Waals surface area contributed by atoms with E-state index in [-0.39, 0.29) is 11.4 Å².